The Kier molecular flexibility index (Phi) is 7.79. The predicted octanol–water partition coefficient (Wildman–Crippen LogP) is 2.43. The predicted molar refractivity (Wildman–Crippen MR) is 135 cm³/mol. The first-order valence-electron chi connectivity index (χ1n) is 11.5. The second-order valence-corrected chi connectivity index (χ2v) is 10.3. The third kappa shape index (κ3) is 5.39. The third-order valence-corrected chi connectivity index (χ3v) is 7.30. The smallest absolute Gasteiger partial charge is 0.321 e. The van der Waals surface area contributed by atoms with E-state index in [-0.39, 0.29) is 30.6 Å². The fourth-order valence-electron chi connectivity index (χ4n) is 5.05. The number of rotatable bonds is 5. The molecule has 2 heterocycles. The van der Waals surface area contributed by atoms with E-state index >= 15 is 0 Å². The maximum atomic E-state index is 13.2. The number of aliphatic hydroxyl groups excluding tert-OH is 2. The number of benzene rings is 2. The molecule has 0 bridgehead atoms. The normalized spacial score (nSPS) is 27.4. The summed E-state index contributed by atoms with van der Waals surface area (Å²) < 4.78 is 6.20. The Balaban J connectivity index is 1.58. The molecule has 4 unspecified atom stereocenters. The fourth-order valence-corrected chi connectivity index (χ4v) is 5.32. The Morgan fingerprint density at radius 2 is 1.71 bits per heavy atom. The van der Waals surface area contributed by atoms with E-state index in [2.05, 4.69) is 43.2 Å². The quantitative estimate of drug-likeness (QED) is 0.548. The van der Waals surface area contributed by atoms with Crippen LogP contribution in [0.1, 0.15) is 11.5 Å². The van der Waals surface area contributed by atoms with Gasteiger partial charge in [-0.05, 0) is 56.1 Å². The van der Waals surface area contributed by atoms with Crippen molar-refractivity contribution >= 4 is 27.6 Å². The average Bonchev–Trinajstić information content (AvgIpc) is 2.81. The minimum absolute atomic E-state index is 0.0369. The van der Waals surface area contributed by atoms with Gasteiger partial charge in [0.1, 0.15) is 5.75 Å². The Hall–Kier alpha value is -2.17. The van der Waals surface area contributed by atoms with Crippen LogP contribution in [0.25, 0.3) is 0 Å². The van der Waals surface area contributed by atoms with Crippen molar-refractivity contribution in [3.8, 4) is 5.75 Å². The average molecular weight is 533 g/mol. The van der Waals surface area contributed by atoms with Crippen LogP contribution < -0.4 is 10.1 Å². The van der Waals surface area contributed by atoms with E-state index in [4.69, 9.17) is 4.74 Å². The molecule has 9 heteroatoms. The Morgan fingerprint density at radius 1 is 1.06 bits per heavy atom. The van der Waals surface area contributed by atoms with Gasteiger partial charge in [0.25, 0.3) is 0 Å². The number of anilines is 1. The SMILES string of the molecule is COc1ccc(NC(=O)N2CC(O)C(O)CN3C(C2)C(c2ccc(Br)cc2)[C@H]3CN(C)C)cc1. The molecule has 8 nitrogen and oxygen atoms in total. The van der Waals surface area contributed by atoms with Crippen molar-refractivity contribution in [1.82, 2.24) is 14.7 Å². The number of methoxy groups -OCH3 is 1. The summed E-state index contributed by atoms with van der Waals surface area (Å²) in [6.07, 6.45) is -1.95. The number of amides is 2. The molecule has 2 aliphatic heterocycles. The van der Waals surface area contributed by atoms with Crippen molar-refractivity contribution in [2.45, 2.75) is 30.2 Å². The standard InChI is InChI=1S/C25H33BrN4O4/c1-28(2)12-20-24(16-4-6-17(26)7-5-16)21-13-29(14-22(31)23(32)15-30(20)21)25(33)27-18-8-10-19(34-3)11-9-18/h4-11,20-24,31-32H,12-15H2,1-3H3,(H,27,33)/t20-,21?,22?,23?,24?/m1/s1. The monoisotopic (exact) mass is 532 g/mol. The van der Waals surface area contributed by atoms with Crippen LogP contribution in [-0.2, 0) is 0 Å². The lowest BCUT2D eigenvalue weighted by atomic mass is 9.73. The number of likely N-dealkylation sites (N-methyl/N-ethyl adjacent to an activating group) is 1. The number of carbonyl (C=O) groups is 1. The molecular formula is C25H33BrN4O4. The van der Waals surface area contributed by atoms with Crippen LogP contribution >= 0.6 is 15.9 Å². The second-order valence-electron chi connectivity index (χ2n) is 9.37. The number of hydrogen-bond donors (Lipinski definition) is 3. The van der Waals surface area contributed by atoms with Crippen LogP contribution in [0, 0.1) is 0 Å². The van der Waals surface area contributed by atoms with Gasteiger partial charge in [0.05, 0.1) is 25.9 Å². The number of carbonyl (C=O) groups excluding carboxylic acids is 1. The maximum Gasteiger partial charge on any atom is 0.321 e. The van der Waals surface area contributed by atoms with E-state index in [0.29, 0.717) is 24.5 Å². The first-order valence-corrected chi connectivity index (χ1v) is 12.3. The number of ether oxygens (including phenoxy) is 1. The van der Waals surface area contributed by atoms with Crippen molar-refractivity contribution in [2.24, 2.45) is 0 Å². The van der Waals surface area contributed by atoms with Crippen molar-refractivity contribution < 1.29 is 19.7 Å². The zero-order valence-corrected chi connectivity index (χ0v) is 21.4. The maximum absolute atomic E-state index is 13.2. The van der Waals surface area contributed by atoms with Gasteiger partial charge in [-0.25, -0.2) is 4.79 Å². The molecule has 0 aliphatic carbocycles. The zero-order valence-electron chi connectivity index (χ0n) is 19.8. The van der Waals surface area contributed by atoms with Gasteiger partial charge in [-0.3, -0.25) is 4.90 Å². The number of fused-ring (bicyclic) bond motifs is 1. The van der Waals surface area contributed by atoms with Gasteiger partial charge in [0, 0.05) is 47.8 Å². The summed E-state index contributed by atoms with van der Waals surface area (Å²) in [7, 11) is 5.67. The minimum Gasteiger partial charge on any atom is -0.497 e. The van der Waals surface area contributed by atoms with Gasteiger partial charge < -0.3 is 30.1 Å². The lowest BCUT2D eigenvalue weighted by Crippen LogP contribution is -2.71. The molecule has 5 atom stereocenters. The van der Waals surface area contributed by atoms with E-state index < -0.39 is 12.2 Å². The largest absolute Gasteiger partial charge is 0.497 e. The molecule has 2 aliphatic rings. The summed E-state index contributed by atoms with van der Waals surface area (Å²) in [5.74, 6) is 0.909. The van der Waals surface area contributed by atoms with E-state index in [9.17, 15) is 15.0 Å². The van der Waals surface area contributed by atoms with Gasteiger partial charge in [0.2, 0.25) is 0 Å². The van der Waals surface area contributed by atoms with Crippen molar-refractivity contribution in [3.05, 3.63) is 58.6 Å². The molecule has 2 aromatic carbocycles. The molecule has 2 aromatic rings. The van der Waals surface area contributed by atoms with Crippen LogP contribution in [-0.4, -0.2) is 103 Å². The Labute approximate surface area is 209 Å². The van der Waals surface area contributed by atoms with Crippen molar-refractivity contribution in [1.29, 1.82) is 0 Å². The van der Waals surface area contributed by atoms with Crippen LogP contribution in [0.4, 0.5) is 10.5 Å². The topological polar surface area (TPSA) is 88.5 Å². The first kappa shape index (κ1) is 24.9. The van der Waals surface area contributed by atoms with Gasteiger partial charge in [-0.1, -0.05) is 28.1 Å². The number of aliphatic hydroxyl groups is 2. The summed E-state index contributed by atoms with van der Waals surface area (Å²) in [5, 5.41) is 24.2. The molecule has 4 rings (SSSR count). The number of nitrogens with zero attached hydrogens (tertiary/aromatic N) is 3. The highest BCUT2D eigenvalue weighted by molar-refractivity contribution is 9.10. The zero-order chi connectivity index (χ0) is 24.4. The van der Waals surface area contributed by atoms with Crippen molar-refractivity contribution in [2.75, 3.05) is 52.7 Å². The van der Waals surface area contributed by atoms with E-state index in [0.717, 1.165) is 11.0 Å². The summed E-state index contributed by atoms with van der Waals surface area (Å²) in [6.45, 7) is 1.72. The van der Waals surface area contributed by atoms with E-state index in [1.807, 2.05) is 26.2 Å². The highest BCUT2D eigenvalue weighted by Crippen LogP contribution is 2.42. The molecule has 34 heavy (non-hydrogen) atoms. The number of β-amino-alcohol motifs (C(OH)–C–C–N with tert-alkyl or cyclic N) is 1. The fraction of sp³-hybridized carbons (Fsp3) is 0.480. The molecule has 2 saturated heterocycles. The van der Waals surface area contributed by atoms with Gasteiger partial charge >= 0.3 is 6.03 Å². The Morgan fingerprint density at radius 3 is 2.32 bits per heavy atom. The summed E-state index contributed by atoms with van der Waals surface area (Å²) >= 11 is 3.52. The number of nitrogens with one attached hydrogen (secondary N) is 1. The molecule has 0 radical (unpaired) electrons. The van der Waals surface area contributed by atoms with Gasteiger partial charge in [-0.15, -0.1) is 0 Å². The summed E-state index contributed by atoms with van der Waals surface area (Å²) in [5.41, 5.74) is 1.85. The molecule has 0 spiro atoms. The lowest BCUT2D eigenvalue weighted by molar-refractivity contribution is -0.105. The number of urea groups is 1. The van der Waals surface area contributed by atoms with Crippen LogP contribution in [0.2, 0.25) is 0 Å². The van der Waals surface area contributed by atoms with E-state index in [1.165, 1.54) is 5.56 Å². The highest BCUT2D eigenvalue weighted by Gasteiger charge is 2.51. The van der Waals surface area contributed by atoms with Crippen LogP contribution in [0.5, 0.6) is 5.75 Å². The molecule has 184 valence electrons. The van der Waals surface area contributed by atoms with Crippen LogP contribution in [0.15, 0.2) is 53.0 Å². The van der Waals surface area contributed by atoms with Crippen LogP contribution in [0.3, 0.4) is 0 Å². The van der Waals surface area contributed by atoms with Crippen molar-refractivity contribution in [3.63, 3.8) is 0 Å². The molecule has 3 N–H and O–H groups in total. The molecular weight excluding hydrogens is 500 g/mol. The molecule has 2 fully saturated rings. The van der Waals surface area contributed by atoms with Gasteiger partial charge in [-0.2, -0.15) is 0 Å². The molecule has 0 aromatic heterocycles. The second kappa shape index (κ2) is 10.6. The third-order valence-electron chi connectivity index (χ3n) is 6.77. The Bertz CT molecular complexity index is 972. The number of hydrogen-bond acceptors (Lipinski definition) is 6. The highest BCUT2D eigenvalue weighted by atomic mass is 79.9. The van der Waals surface area contributed by atoms with E-state index in [1.54, 1.807) is 36.3 Å². The first-order chi connectivity index (χ1) is 16.3. The summed E-state index contributed by atoms with van der Waals surface area (Å²) in [4.78, 5) is 19.2. The summed E-state index contributed by atoms with van der Waals surface area (Å²) in [6, 6.07) is 15.4. The lowest BCUT2D eigenvalue weighted by Gasteiger charge is -2.59. The minimum atomic E-state index is -1.02. The number of halogens is 1. The molecule has 0 saturated carbocycles. The van der Waals surface area contributed by atoms with Gasteiger partial charge in [0.15, 0.2) is 0 Å². The molecule has 2 amide bonds.